The Labute approximate surface area is 114 Å². The summed E-state index contributed by atoms with van der Waals surface area (Å²) in [7, 11) is 0. The summed E-state index contributed by atoms with van der Waals surface area (Å²) in [6.07, 6.45) is 0.581. The van der Waals surface area contributed by atoms with E-state index in [1.807, 2.05) is 32.0 Å². The van der Waals surface area contributed by atoms with E-state index in [-0.39, 0.29) is 11.9 Å². The van der Waals surface area contributed by atoms with Crippen molar-refractivity contribution in [2.75, 3.05) is 13.1 Å². The Bertz CT molecular complexity index is 473. The van der Waals surface area contributed by atoms with Crippen LogP contribution in [0.1, 0.15) is 35.6 Å². The molecule has 3 N–H and O–H groups in total. The minimum atomic E-state index is -0.627. The number of carbonyl (C=O) groups excluding carboxylic acids is 1. The van der Waals surface area contributed by atoms with Crippen LogP contribution < -0.4 is 5.73 Å². The van der Waals surface area contributed by atoms with E-state index in [9.17, 15) is 9.90 Å². The second-order valence-corrected chi connectivity index (χ2v) is 5.29. The average Bonchev–Trinajstić information content (AvgIpc) is 2.74. The first kappa shape index (κ1) is 14.0. The van der Waals surface area contributed by atoms with Gasteiger partial charge in [-0.05, 0) is 31.4 Å². The minimum absolute atomic E-state index is 0.0970. The third-order valence-electron chi connectivity index (χ3n) is 3.86. The van der Waals surface area contributed by atoms with Gasteiger partial charge in [0.15, 0.2) is 0 Å². The van der Waals surface area contributed by atoms with Gasteiger partial charge in [0.1, 0.15) is 0 Å². The number of hydrogen-bond donors (Lipinski definition) is 2. The van der Waals surface area contributed by atoms with E-state index in [0.29, 0.717) is 25.9 Å². The number of nitrogens with two attached hydrogens (primary N) is 1. The quantitative estimate of drug-likeness (QED) is 0.859. The maximum atomic E-state index is 11.8. The van der Waals surface area contributed by atoms with Crippen LogP contribution in [0.5, 0.6) is 0 Å². The van der Waals surface area contributed by atoms with Gasteiger partial charge < -0.3 is 15.7 Å². The van der Waals surface area contributed by atoms with Gasteiger partial charge in [0.25, 0.3) is 0 Å². The highest BCUT2D eigenvalue weighted by molar-refractivity contribution is 5.79. The first-order valence-corrected chi connectivity index (χ1v) is 6.79. The molecule has 4 nitrogen and oxygen atoms in total. The summed E-state index contributed by atoms with van der Waals surface area (Å²) < 4.78 is 0. The lowest BCUT2D eigenvalue weighted by atomic mass is 9.95. The number of nitrogens with zero attached hydrogens (tertiary/aromatic N) is 1. The van der Waals surface area contributed by atoms with Crippen molar-refractivity contribution in [2.45, 2.75) is 38.8 Å². The number of aryl methyl sites for hydroxylation is 2. The fourth-order valence-electron chi connectivity index (χ4n) is 2.80. The molecular formula is C15H22N2O2. The molecule has 104 valence electrons. The summed E-state index contributed by atoms with van der Waals surface area (Å²) in [5.41, 5.74) is 8.65. The van der Waals surface area contributed by atoms with Gasteiger partial charge in [-0.25, -0.2) is 0 Å². The molecule has 0 bridgehead atoms. The van der Waals surface area contributed by atoms with E-state index >= 15 is 0 Å². The fourth-order valence-corrected chi connectivity index (χ4v) is 2.80. The van der Waals surface area contributed by atoms with Crippen LogP contribution in [0.3, 0.4) is 0 Å². The van der Waals surface area contributed by atoms with Crippen molar-refractivity contribution in [3.05, 3.63) is 34.9 Å². The molecule has 0 aliphatic carbocycles. The third kappa shape index (κ3) is 2.80. The Morgan fingerprint density at radius 1 is 1.47 bits per heavy atom. The molecule has 1 fully saturated rings. The maximum Gasteiger partial charge on any atom is 0.223 e. The van der Waals surface area contributed by atoms with Crippen LogP contribution in [0.15, 0.2) is 18.2 Å². The Morgan fingerprint density at radius 2 is 2.21 bits per heavy atom. The van der Waals surface area contributed by atoms with Crippen LogP contribution >= 0.6 is 0 Å². The van der Waals surface area contributed by atoms with Crippen LogP contribution in [0, 0.1) is 13.8 Å². The SMILES string of the molecule is Cc1ccc(C)c([C@@H](O)[C@@H]2CCC(=O)N2CCN)c1. The highest BCUT2D eigenvalue weighted by atomic mass is 16.3. The zero-order valence-corrected chi connectivity index (χ0v) is 11.6. The number of hydrogen-bond acceptors (Lipinski definition) is 3. The van der Waals surface area contributed by atoms with Gasteiger partial charge in [0, 0.05) is 19.5 Å². The van der Waals surface area contributed by atoms with Gasteiger partial charge in [-0.1, -0.05) is 23.8 Å². The minimum Gasteiger partial charge on any atom is -0.386 e. The second-order valence-electron chi connectivity index (χ2n) is 5.29. The molecule has 0 unspecified atom stereocenters. The summed E-state index contributed by atoms with van der Waals surface area (Å²) in [6.45, 7) is 4.95. The van der Waals surface area contributed by atoms with Gasteiger partial charge in [-0.3, -0.25) is 4.79 Å². The molecule has 1 amide bonds. The van der Waals surface area contributed by atoms with Crippen LogP contribution in [0.25, 0.3) is 0 Å². The standard InChI is InChI=1S/C15H22N2O2/c1-10-3-4-11(2)12(9-10)15(19)13-5-6-14(18)17(13)8-7-16/h3-4,9,13,15,19H,5-8,16H2,1-2H3/t13-,15+/m0/s1. The number of aliphatic hydroxyl groups is 1. The lowest BCUT2D eigenvalue weighted by Gasteiger charge is -2.29. The van der Waals surface area contributed by atoms with E-state index in [1.165, 1.54) is 0 Å². The molecule has 1 aromatic carbocycles. The van der Waals surface area contributed by atoms with Crippen molar-refractivity contribution in [3.63, 3.8) is 0 Å². The molecule has 0 saturated carbocycles. The summed E-state index contributed by atoms with van der Waals surface area (Å²) >= 11 is 0. The van der Waals surface area contributed by atoms with Crippen LogP contribution in [-0.2, 0) is 4.79 Å². The van der Waals surface area contributed by atoms with Crippen LogP contribution in [-0.4, -0.2) is 35.0 Å². The molecule has 4 heteroatoms. The largest absolute Gasteiger partial charge is 0.386 e. The van der Waals surface area contributed by atoms with Crippen molar-refractivity contribution in [1.29, 1.82) is 0 Å². The van der Waals surface area contributed by atoms with Gasteiger partial charge in [0.05, 0.1) is 12.1 Å². The number of rotatable bonds is 4. The van der Waals surface area contributed by atoms with Gasteiger partial charge >= 0.3 is 0 Å². The molecule has 0 aromatic heterocycles. The smallest absolute Gasteiger partial charge is 0.223 e. The summed E-state index contributed by atoms with van der Waals surface area (Å²) in [6, 6.07) is 5.90. The van der Waals surface area contributed by atoms with Crippen LogP contribution in [0.2, 0.25) is 0 Å². The zero-order chi connectivity index (χ0) is 14.0. The predicted molar refractivity (Wildman–Crippen MR) is 74.7 cm³/mol. The van der Waals surface area contributed by atoms with E-state index < -0.39 is 6.10 Å². The van der Waals surface area contributed by atoms with E-state index in [1.54, 1.807) is 4.90 Å². The van der Waals surface area contributed by atoms with E-state index in [0.717, 1.165) is 16.7 Å². The average molecular weight is 262 g/mol. The number of carbonyl (C=O) groups is 1. The first-order chi connectivity index (χ1) is 9.04. The Balaban J connectivity index is 2.25. The topological polar surface area (TPSA) is 66.6 Å². The Morgan fingerprint density at radius 3 is 2.89 bits per heavy atom. The zero-order valence-electron chi connectivity index (χ0n) is 11.6. The summed E-state index contributed by atoms with van der Waals surface area (Å²) in [5, 5.41) is 10.6. The third-order valence-corrected chi connectivity index (χ3v) is 3.86. The fraction of sp³-hybridized carbons (Fsp3) is 0.533. The maximum absolute atomic E-state index is 11.8. The van der Waals surface area contributed by atoms with Crippen molar-refractivity contribution in [1.82, 2.24) is 4.90 Å². The van der Waals surface area contributed by atoms with Crippen LogP contribution in [0.4, 0.5) is 0 Å². The molecular weight excluding hydrogens is 240 g/mol. The van der Waals surface area contributed by atoms with Crippen molar-refractivity contribution in [3.8, 4) is 0 Å². The molecule has 1 saturated heterocycles. The molecule has 1 heterocycles. The molecule has 1 aromatic rings. The number of likely N-dealkylation sites (tertiary alicyclic amines) is 1. The summed E-state index contributed by atoms with van der Waals surface area (Å²) in [5.74, 6) is 0.0970. The second kappa shape index (κ2) is 5.72. The summed E-state index contributed by atoms with van der Waals surface area (Å²) in [4.78, 5) is 13.6. The highest BCUT2D eigenvalue weighted by Crippen LogP contribution is 2.31. The number of aliphatic hydroxyl groups excluding tert-OH is 1. The number of amides is 1. The molecule has 19 heavy (non-hydrogen) atoms. The Kier molecular flexibility index (Phi) is 4.22. The van der Waals surface area contributed by atoms with E-state index in [4.69, 9.17) is 5.73 Å². The molecule has 2 atom stereocenters. The normalized spacial score (nSPS) is 20.9. The van der Waals surface area contributed by atoms with Crippen molar-refractivity contribution in [2.24, 2.45) is 5.73 Å². The molecule has 1 aliphatic heterocycles. The predicted octanol–water partition coefficient (Wildman–Crippen LogP) is 1.29. The van der Waals surface area contributed by atoms with Crippen molar-refractivity contribution < 1.29 is 9.90 Å². The van der Waals surface area contributed by atoms with E-state index in [2.05, 4.69) is 0 Å². The van der Waals surface area contributed by atoms with Crippen molar-refractivity contribution >= 4 is 5.91 Å². The molecule has 0 spiro atoms. The molecule has 1 aliphatic rings. The van der Waals surface area contributed by atoms with Gasteiger partial charge in [-0.2, -0.15) is 0 Å². The lowest BCUT2D eigenvalue weighted by Crippen LogP contribution is -2.40. The molecule has 2 rings (SSSR count). The van der Waals surface area contributed by atoms with Gasteiger partial charge in [0.2, 0.25) is 5.91 Å². The number of benzene rings is 1. The first-order valence-electron chi connectivity index (χ1n) is 6.79. The molecule has 0 radical (unpaired) electrons. The van der Waals surface area contributed by atoms with Gasteiger partial charge in [-0.15, -0.1) is 0 Å². The monoisotopic (exact) mass is 262 g/mol. The highest BCUT2D eigenvalue weighted by Gasteiger charge is 2.36. The Hall–Kier alpha value is -1.39. The lowest BCUT2D eigenvalue weighted by molar-refractivity contribution is -0.130.